The van der Waals surface area contributed by atoms with Gasteiger partial charge in [0, 0.05) is 24.8 Å². The number of halogens is 6. The number of amides is 1. The number of benzene rings is 1. The van der Waals surface area contributed by atoms with Crippen molar-refractivity contribution in [2.45, 2.75) is 37.3 Å². The fraction of sp³-hybridized carbons (Fsp3) is 0.462. The number of aromatic hydroxyl groups is 1. The molecule has 2 fully saturated rings. The number of carbonyl (C=O) groups excluding carboxylic acids is 1. The predicted octanol–water partition coefficient (Wildman–Crippen LogP) is 3.81. The minimum absolute atomic E-state index is 0.0107. The molecular weight excluding hydrogens is 580 g/mol. The average Bonchev–Trinajstić information content (AvgIpc) is 2.88. The molecule has 42 heavy (non-hydrogen) atoms. The topological polar surface area (TPSA) is 140 Å². The smallest absolute Gasteiger partial charge is 0.490 e. The third-order valence-corrected chi connectivity index (χ3v) is 6.52. The van der Waals surface area contributed by atoms with Gasteiger partial charge >= 0.3 is 24.3 Å². The van der Waals surface area contributed by atoms with Gasteiger partial charge in [0.15, 0.2) is 0 Å². The Balaban J connectivity index is 0.000000367. The molecule has 2 aliphatic rings. The highest BCUT2D eigenvalue weighted by atomic mass is 19.4. The first kappa shape index (κ1) is 34.3. The van der Waals surface area contributed by atoms with Crippen LogP contribution in [0.25, 0.3) is 0 Å². The number of aromatic nitrogens is 1. The lowest BCUT2D eigenvalue weighted by atomic mass is 9.75. The van der Waals surface area contributed by atoms with Crippen molar-refractivity contribution in [3.05, 3.63) is 59.9 Å². The summed E-state index contributed by atoms with van der Waals surface area (Å²) in [6.45, 7) is 3.75. The summed E-state index contributed by atoms with van der Waals surface area (Å²) in [5.41, 5.74) is 1.55. The summed E-state index contributed by atoms with van der Waals surface area (Å²) in [7, 11) is 2.15. The van der Waals surface area contributed by atoms with Gasteiger partial charge in [0.1, 0.15) is 5.75 Å². The largest absolute Gasteiger partial charge is 0.508 e. The summed E-state index contributed by atoms with van der Waals surface area (Å²) >= 11 is 0. The van der Waals surface area contributed by atoms with Crippen LogP contribution in [-0.2, 0) is 20.9 Å². The van der Waals surface area contributed by atoms with Crippen LogP contribution in [0.15, 0.2) is 48.7 Å². The number of alkyl halides is 6. The van der Waals surface area contributed by atoms with E-state index in [0.717, 1.165) is 44.8 Å². The van der Waals surface area contributed by atoms with Crippen molar-refractivity contribution in [2.24, 2.45) is 5.92 Å². The van der Waals surface area contributed by atoms with E-state index in [1.165, 1.54) is 6.07 Å². The Kier molecular flexibility index (Phi) is 11.7. The average molecular weight is 610 g/mol. The normalized spacial score (nSPS) is 18.1. The van der Waals surface area contributed by atoms with Gasteiger partial charge in [-0.3, -0.25) is 14.7 Å². The fourth-order valence-electron chi connectivity index (χ4n) is 4.36. The van der Waals surface area contributed by atoms with Gasteiger partial charge in [-0.05, 0) is 62.7 Å². The second kappa shape index (κ2) is 14.3. The summed E-state index contributed by atoms with van der Waals surface area (Å²) < 4.78 is 69.4. The van der Waals surface area contributed by atoms with Gasteiger partial charge in [-0.1, -0.05) is 12.1 Å². The van der Waals surface area contributed by atoms with Gasteiger partial charge in [-0.2, -0.15) is 26.3 Å². The number of rotatable bonds is 5. The number of piperidine rings is 1. The number of hydrogen-bond acceptors (Lipinski definition) is 7. The number of pyridine rings is 1. The maximum Gasteiger partial charge on any atom is 0.490 e. The third kappa shape index (κ3) is 10.2. The monoisotopic (exact) mass is 609 g/mol. The number of carbonyl (C=O) groups is 3. The minimum atomic E-state index is -5.08. The standard InChI is InChI=1S/C22H27N3O3.2C2HF3O2/c1-24-10-8-17(13-28-14-19-6-2-3-9-23-19)12-22(24)15-25(16-22)21(27)18-5-4-7-20(26)11-18;2*3-2(4,5)1(6)7/h2-7,9,11,17,26H,8,10,12-16H2,1H3;2*(H,6,7). The molecule has 16 heteroatoms. The molecule has 2 saturated heterocycles. The van der Waals surface area contributed by atoms with Crippen LogP contribution in [0.5, 0.6) is 5.75 Å². The van der Waals surface area contributed by atoms with Crippen LogP contribution in [0.3, 0.4) is 0 Å². The number of likely N-dealkylation sites (tertiary alicyclic amines) is 2. The molecule has 3 heterocycles. The first-order valence-electron chi connectivity index (χ1n) is 12.3. The molecule has 232 valence electrons. The summed E-state index contributed by atoms with van der Waals surface area (Å²) in [5, 5.41) is 23.9. The van der Waals surface area contributed by atoms with Crippen molar-refractivity contribution < 1.29 is 60.8 Å². The van der Waals surface area contributed by atoms with Gasteiger partial charge in [-0.25, -0.2) is 9.59 Å². The van der Waals surface area contributed by atoms with Gasteiger partial charge in [0.05, 0.1) is 24.4 Å². The number of ether oxygens (including phenoxy) is 1. The van der Waals surface area contributed by atoms with E-state index >= 15 is 0 Å². The molecule has 2 aliphatic heterocycles. The number of carboxylic acid groups (broad SMARTS) is 2. The zero-order valence-electron chi connectivity index (χ0n) is 22.2. The zero-order chi connectivity index (χ0) is 31.7. The van der Waals surface area contributed by atoms with Crippen LogP contribution in [0.1, 0.15) is 28.9 Å². The quantitative estimate of drug-likeness (QED) is 0.432. The number of nitrogens with zero attached hydrogens (tertiary/aromatic N) is 3. The minimum Gasteiger partial charge on any atom is -0.508 e. The number of phenolic OH excluding ortho intramolecular Hbond substituents is 1. The lowest BCUT2D eigenvalue weighted by Gasteiger charge is -2.58. The van der Waals surface area contributed by atoms with E-state index in [2.05, 4.69) is 16.9 Å². The molecule has 3 N–H and O–H groups in total. The number of likely N-dealkylation sites (N-methyl/N-ethyl adjacent to an activating group) is 1. The molecule has 0 aliphatic carbocycles. The van der Waals surface area contributed by atoms with Crippen molar-refractivity contribution >= 4 is 17.8 Å². The van der Waals surface area contributed by atoms with Gasteiger partial charge in [0.2, 0.25) is 0 Å². The van der Waals surface area contributed by atoms with Gasteiger partial charge in [-0.15, -0.1) is 0 Å². The van der Waals surface area contributed by atoms with Crippen LogP contribution in [0, 0.1) is 5.92 Å². The van der Waals surface area contributed by atoms with E-state index in [9.17, 15) is 36.2 Å². The highest BCUT2D eigenvalue weighted by molar-refractivity contribution is 5.95. The second-order valence-corrected chi connectivity index (χ2v) is 9.66. The number of phenols is 1. The molecule has 4 rings (SSSR count). The van der Waals surface area contributed by atoms with Crippen molar-refractivity contribution in [1.82, 2.24) is 14.8 Å². The van der Waals surface area contributed by atoms with E-state index < -0.39 is 24.3 Å². The molecule has 1 aromatic carbocycles. The van der Waals surface area contributed by atoms with E-state index in [-0.39, 0.29) is 17.2 Å². The Morgan fingerprint density at radius 2 is 1.60 bits per heavy atom. The van der Waals surface area contributed by atoms with E-state index in [1.807, 2.05) is 23.1 Å². The van der Waals surface area contributed by atoms with Crippen molar-refractivity contribution in [3.63, 3.8) is 0 Å². The van der Waals surface area contributed by atoms with E-state index in [0.29, 0.717) is 18.1 Å². The maximum atomic E-state index is 12.7. The van der Waals surface area contributed by atoms with Crippen molar-refractivity contribution in [3.8, 4) is 5.75 Å². The highest BCUT2D eigenvalue weighted by Gasteiger charge is 2.51. The van der Waals surface area contributed by atoms with Crippen LogP contribution >= 0.6 is 0 Å². The van der Waals surface area contributed by atoms with E-state index in [4.69, 9.17) is 24.5 Å². The first-order valence-corrected chi connectivity index (χ1v) is 12.3. The van der Waals surface area contributed by atoms with E-state index in [1.54, 1.807) is 24.4 Å². The summed E-state index contributed by atoms with van der Waals surface area (Å²) in [6, 6.07) is 12.4. The molecular formula is C26H29F6N3O7. The molecule has 0 radical (unpaired) electrons. The predicted molar refractivity (Wildman–Crippen MR) is 133 cm³/mol. The Morgan fingerprint density at radius 1 is 1.00 bits per heavy atom. The summed E-state index contributed by atoms with van der Waals surface area (Å²) in [6.07, 6.45) is -6.23. The Morgan fingerprint density at radius 3 is 2.10 bits per heavy atom. The summed E-state index contributed by atoms with van der Waals surface area (Å²) in [5.74, 6) is -4.90. The lowest BCUT2D eigenvalue weighted by molar-refractivity contribution is -0.193. The SMILES string of the molecule is CN1CCC(COCc2ccccn2)CC12CN(C(=O)c1cccc(O)c1)C2.O=C(O)C(F)(F)F.O=C(O)C(F)(F)F. The number of aliphatic carboxylic acids is 2. The molecule has 1 amide bonds. The third-order valence-electron chi connectivity index (χ3n) is 6.52. The highest BCUT2D eigenvalue weighted by Crippen LogP contribution is 2.39. The molecule has 1 atom stereocenters. The number of hydrogen-bond donors (Lipinski definition) is 3. The van der Waals surface area contributed by atoms with Crippen molar-refractivity contribution in [2.75, 3.05) is 33.3 Å². The molecule has 0 saturated carbocycles. The number of carboxylic acids is 2. The first-order chi connectivity index (χ1) is 19.4. The Bertz CT molecular complexity index is 1180. The fourth-order valence-corrected chi connectivity index (χ4v) is 4.36. The van der Waals surface area contributed by atoms with Crippen LogP contribution in [0.2, 0.25) is 0 Å². The van der Waals surface area contributed by atoms with Crippen LogP contribution in [-0.4, -0.2) is 99.1 Å². The molecule has 1 unspecified atom stereocenters. The molecule has 0 bridgehead atoms. The lowest BCUT2D eigenvalue weighted by Crippen LogP contribution is -2.72. The summed E-state index contributed by atoms with van der Waals surface area (Å²) in [4.78, 5) is 39.1. The zero-order valence-corrected chi connectivity index (χ0v) is 22.2. The Hall–Kier alpha value is -3.92. The van der Waals surface area contributed by atoms with Crippen molar-refractivity contribution in [1.29, 1.82) is 0 Å². The molecule has 1 aromatic heterocycles. The molecule has 2 aromatic rings. The van der Waals surface area contributed by atoms with Crippen LogP contribution in [0.4, 0.5) is 26.3 Å². The molecule has 10 nitrogen and oxygen atoms in total. The maximum absolute atomic E-state index is 12.7. The van der Waals surface area contributed by atoms with Gasteiger partial charge < -0.3 is 25.0 Å². The van der Waals surface area contributed by atoms with Crippen LogP contribution < -0.4 is 0 Å². The molecule has 1 spiro atoms. The second-order valence-electron chi connectivity index (χ2n) is 9.66. The Labute approximate surface area is 236 Å². The van der Waals surface area contributed by atoms with Gasteiger partial charge in [0.25, 0.3) is 5.91 Å².